The van der Waals surface area contributed by atoms with Crippen molar-refractivity contribution in [3.63, 3.8) is 0 Å². The van der Waals surface area contributed by atoms with E-state index in [4.69, 9.17) is 23.4 Å². The van der Waals surface area contributed by atoms with Crippen molar-refractivity contribution in [2.75, 3.05) is 18.5 Å². The highest BCUT2D eigenvalue weighted by atomic mass is 16.6. The van der Waals surface area contributed by atoms with Crippen molar-refractivity contribution in [2.45, 2.75) is 24.4 Å². The van der Waals surface area contributed by atoms with Crippen LogP contribution in [0.3, 0.4) is 0 Å². The average Bonchev–Trinajstić information content (AvgIpc) is 3.57. The minimum atomic E-state index is -0.618. The maximum atomic E-state index is 12.4. The van der Waals surface area contributed by atoms with Gasteiger partial charge in [-0.1, -0.05) is 18.2 Å². The van der Waals surface area contributed by atoms with Crippen LogP contribution in [0.2, 0.25) is 0 Å². The fourth-order valence-corrected chi connectivity index (χ4v) is 3.85. The molecule has 9 heteroatoms. The standard InChI is InChI=1S/C24H22N2O7/c27-23(19-7-4-12-29-19)26-18-13-30-22-20(14-31-21(18)22)33-24(28)25-15-8-10-17(11-9-15)32-16-5-2-1-3-6-16/h1-12,18,20-22H,13-14H2,(H,25,28)(H,26,27)/t18-,20-,21-,22+/m0/s1. The molecule has 5 rings (SSSR count). The molecule has 2 N–H and O–H groups in total. The molecule has 3 heterocycles. The van der Waals surface area contributed by atoms with E-state index in [-0.39, 0.29) is 30.9 Å². The van der Waals surface area contributed by atoms with Crippen molar-refractivity contribution in [3.05, 3.63) is 78.8 Å². The molecular weight excluding hydrogens is 428 g/mol. The van der Waals surface area contributed by atoms with Crippen LogP contribution in [-0.4, -0.2) is 49.6 Å². The highest BCUT2D eigenvalue weighted by Crippen LogP contribution is 2.29. The molecular formula is C24H22N2O7. The summed E-state index contributed by atoms with van der Waals surface area (Å²) >= 11 is 0. The lowest BCUT2D eigenvalue weighted by Gasteiger charge is -2.17. The van der Waals surface area contributed by atoms with E-state index in [9.17, 15) is 9.59 Å². The lowest BCUT2D eigenvalue weighted by atomic mass is 10.1. The van der Waals surface area contributed by atoms with E-state index >= 15 is 0 Å². The molecule has 2 saturated heterocycles. The molecule has 4 atom stereocenters. The Kier molecular flexibility index (Phi) is 5.97. The van der Waals surface area contributed by atoms with E-state index in [0.717, 1.165) is 5.75 Å². The van der Waals surface area contributed by atoms with Gasteiger partial charge in [-0.3, -0.25) is 10.1 Å². The predicted octanol–water partition coefficient (Wildman–Crippen LogP) is 3.59. The fourth-order valence-electron chi connectivity index (χ4n) is 3.85. The molecule has 2 fully saturated rings. The molecule has 1 aromatic heterocycles. The SMILES string of the molecule is O=C(Nc1ccc(Oc2ccccc2)cc1)O[C@H]1CO[C@@H]2[C@@H]1OC[C@@H]2NC(=O)c1ccco1. The maximum Gasteiger partial charge on any atom is 0.412 e. The summed E-state index contributed by atoms with van der Waals surface area (Å²) in [5.41, 5.74) is 0.562. The van der Waals surface area contributed by atoms with Crippen LogP contribution in [-0.2, 0) is 14.2 Å². The number of carbonyl (C=O) groups is 2. The van der Waals surface area contributed by atoms with Gasteiger partial charge in [0.25, 0.3) is 5.91 Å². The molecule has 33 heavy (non-hydrogen) atoms. The zero-order chi connectivity index (χ0) is 22.6. The number of anilines is 1. The lowest BCUT2D eigenvalue weighted by Crippen LogP contribution is -2.44. The summed E-state index contributed by atoms with van der Waals surface area (Å²) in [7, 11) is 0. The van der Waals surface area contributed by atoms with Gasteiger partial charge in [0.1, 0.15) is 23.7 Å². The number of nitrogens with one attached hydrogen (secondary N) is 2. The van der Waals surface area contributed by atoms with E-state index in [2.05, 4.69) is 10.6 Å². The zero-order valence-electron chi connectivity index (χ0n) is 17.5. The summed E-state index contributed by atoms with van der Waals surface area (Å²) in [5, 5.41) is 5.53. The van der Waals surface area contributed by atoms with E-state index in [1.807, 2.05) is 30.3 Å². The minimum absolute atomic E-state index is 0.180. The Bertz CT molecular complexity index is 1090. The molecule has 0 bridgehead atoms. The first-order valence-corrected chi connectivity index (χ1v) is 10.5. The number of rotatable bonds is 6. The van der Waals surface area contributed by atoms with Crippen LogP contribution in [0.4, 0.5) is 10.5 Å². The average molecular weight is 450 g/mol. The zero-order valence-corrected chi connectivity index (χ0v) is 17.5. The lowest BCUT2D eigenvalue weighted by molar-refractivity contribution is 0.00860. The molecule has 3 aromatic rings. The van der Waals surface area contributed by atoms with E-state index in [0.29, 0.717) is 11.4 Å². The highest BCUT2D eigenvalue weighted by molar-refractivity contribution is 5.91. The van der Waals surface area contributed by atoms with Gasteiger partial charge in [-0.05, 0) is 48.5 Å². The summed E-state index contributed by atoms with van der Waals surface area (Å²) in [4.78, 5) is 24.6. The van der Waals surface area contributed by atoms with Crippen LogP contribution in [0.1, 0.15) is 10.6 Å². The Morgan fingerprint density at radius 3 is 2.36 bits per heavy atom. The van der Waals surface area contributed by atoms with Crippen molar-refractivity contribution in [3.8, 4) is 11.5 Å². The third-order valence-electron chi connectivity index (χ3n) is 5.41. The Morgan fingerprint density at radius 1 is 0.848 bits per heavy atom. The summed E-state index contributed by atoms with van der Waals surface area (Å²) in [6, 6.07) is 19.2. The molecule has 2 aromatic carbocycles. The molecule has 0 unspecified atom stereocenters. The Balaban J connectivity index is 1.12. The number of para-hydroxylation sites is 1. The van der Waals surface area contributed by atoms with Crippen molar-refractivity contribution in [2.24, 2.45) is 0 Å². The Morgan fingerprint density at radius 2 is 1.61 bits per heavy atom. The Labute approximate surface area is 189 Å². The number of hydrogen-bond donors (Lipinski definition) is 2. The molecule has 0 radical (unpaired) electrons. The third-order valence-corrected chi connectivity index (χ3v) is 5.41. The van der Waals surface area contributed by atoms with Crippen molar-refractivity contribution < 1.29 is 33.0 Å². The van der Waals surface area contributed by atoms with Crippen LogP contribution in [0.15, 0.2) is 77.4 Å². The van der Waals surface area contributed by atoms with E-state index < -0.39 is 24.4 Å². The highest BCUT2D eigenvalue weighted by Gasteiger charge is 2.50. The molecule has 9 nitrogen and oxygen atoms in total. The second-order valence-corrected chi connectivity index (χ2v) is 7.66. The maximum absolute atomic E-state index is 12.4. The van der Waals surface area contributed by atoms with Gasteiger partial charge in [-0.25, -0.2) is 4.79 Å². The van der Waals surface area contributed by atoms with Gasteiger partial charge in [0, 0.05) is 5.69 Å². The molecule has 2 amide bonds. The normalized spacial score (nSPS) is 23.5. The summed E-state index contributed by atoms with van der Waals surface area (Å²) in [5.74, 6) is 1.24. The van der Waals surface area contributed by atoms with E-state index in [1.165, 1.54) is 6.26 Å². The summed E-state index contributed by atoms with van der Waals surface area (Å²) in [6.45, 7) is 0.436. The number of amides is 2. The molecule has 170 valence electrons. The number of hydrogen-bond acceptors (Lipinski definition) is 7. The second-order valence-electron chi connectivity index (χ2n) is 7.66. The number of benzene rings is 2. The third kappa shape index (κ3) is 4.84. The van der Waals surface area contributed by atoms with Crippen LogP contribution in [0, 0.1) is 0 Å². The predicted molar refractivity (Wildman–Crippen MR) is 116 cm³/mol. The fraction of sp³-hybridized carbons (Fsp3) is 0.250. The van der Waals surface area contributed by atoms with Gasteiger partial charge in [-0.15, -0.1) is 0 Å². The summed E-state index contributed by atoms with van der Waals surface area (Å²) in [6.07, 6.45) is -0.634. The number of ether oxygens (including phenoxy) is 4. The topological polar surface area (TPSA) is 108 Å². The van der Waals surface area contributed by atoms with Gasteiger partial charge >= 0.3 is 6.09 Å². The smallest absolute Gasteiger partial charge is 0.412 e. The molecule has 0 saturated carbocycles. The van der Waals surface area contributed by atoms with Crippen LogP contribution >= 0.6 is 0 Å². The largest absolute Gasteiger partial charge is 0.459 e. The van der Waals surface area contributed by atoms with Crippen molar-refractivity contribution >= 4 is 17.7 Å². The second kappa shape index (κ2) is 9.35. The first kappa shape index (κ1) is 21.0. The first-order valence-electron chi connectivity index (χ1n) is 10.5. The number of carbonyl (C=O) groups excluding carboxylic acids is 2. The van der Waals surface area contributed by atoms with Gasteiger partial charge in [-0.2, -0.15) is 0 Å². The first-order chi connectivity index (χ1) is 16.2. The monoisotopic (exact) mass is 450 g/mol. The van der Waals surface area contributed by atoms with Gasteiger partial charge in [0.2, 0.25) is 0 Å². The summed E-state index contributed by atoms with van der Waals surface area (Å²) < 4.78 is 27.9. The van der Waals surface area contributed by atoms with Crippen LogP contribution < -0.4 is 15.4 Å². The van der Waals surface area contributed by atoms with Gasteiger partial charge < -0.3 is 28.7 Å². The molecule has 2 aliphatic rings. The Hall–Kier alpha value is -3.82. The van der Waals surface area contributed by atoms with Crippen LogP contribution in [0.5, 0.6) is 11.5 Å². The van der Waals surface area contributed by atoms with Gasteiger partial charge in [0.05, 0.1) is 25.5 Å². The quantitative estimate of drug-likeness (QED) is 0.591. The number of fused-ring (bicyclic) bond motifs is 1. The molecule has 0 aliphatic carbocycles. The molecule has 2 aliphatic heterocycles. The number of furan rings is 1. The van der Waals surface area contributed by atoms with Crippen molar-refractivity contribution in [1.29, 1.82) is 0 Å². The van der Waals surface area contributed by atoms with Crippen LogP contribution in [0.25, 0.3) is 0 Å². The van der Waals surface area contributed by atoms with Gasteiger partial charge in [0.15, 0.2) is 11.9 Å². The minimum Gasteiger partial charge on any atom is -0.459 e. The van der Waals surface area contributed by atoms with Crippen molar-refractivity contribution in [1.82, 2.24) is 5.32 Å². The molecule has 0 spiro atoms. The van der Waals surface area contributed by atoms with E-state index in [1.54, 1.807) is 36.4 Å².